The minimum atomic E-state index is -0.287. The van der Waals surface area contributed by atoms with Gasteiger partial charge in [-0.15, -0.1) is 0 Å². The van der Waals surface area contributed by atoms with Gasteiger partial charge in [-0.2, -0.15) is 0 Å². The Hall–Kier alpha value is -1.14. The number of nitrogens with two attached hydrogens (primary N) is 1. The molecule has 3 unspecified atom stereocenters. The zero-order chi connectivity index (χ0) is 14.7. The lowest BCUT2D eigenvalue weighted by Crippen LogP contribution is -2.57. The van der Waals surface area contributed by atoms with E-state index < -0.39 is 0 Å². The molecule has 3 atom stereocenters. The highest BCUT2D eigenvalue weighted by atomic mass is 16.2. The smallest absolute Gasteiger partial charge is 0.239 e. The van der Waals surface area contributed by atoms with Gasteiger partial charge in [-0.05, 0) is 26.7 Å². The molecule has 20 heavy (non-hydrogen) atoms. The molecule has 2 amide bonds. The average Bonchev–Trinajstić information content (AvgIpc) is 2.47. The highest BCUT2D eigenvalue weighted by Gasteiger charge is 2.35. The second-order valence-corrected chi connectivity index (χ2v) is 5.98. The van der Waals surface area contributed by atoms with Gasteiger partial charge in [-0.3, -0.25) is 14.5 Å². The topological polar surface area (TPSA) is 78.7 Å². The first-order valence-electron chi connectivity index (χ1n) is 7.55. The molecule has 2 fully saturated rings. The molecular formula is C14H26N4O2. The molecule has 6 heteroatoms. The highest BCUT2D eigenvalue weighted by molar-refractivity contribution is 5.83. The van der Waals surface area contributed by atoms with Crippen LogP contribution in [-0.2, 0) is 9.59 Å². The number of hydrogen-bond acceptors (Lipinski definition) is 4. The van der Waals surface area contributed by atoms with E-state index in [0.29, 0.717) is 6.54 Å². The monoisotopic (exact) mass is 282 g/mol. The van der Waals surface area contributed by atoms with Crippen molar-refractivity contribution < 1.29 is 9.59 Å². The standard InChI is InChI=1S/C14H26N4O2/c1-10-3-4-12(13(15)19)9-18(10)14(20)11(2)17-7-5-16-6-8-17/h10-12,16H,3-9H2,1-2H3,(H2,15,19). The molecule has 2 aliphatic rings. The van der Waals surface area contributed by atoms with Crippen molar-refractivity contribution >= 4 is 11.8 Å². The van der Waals surface area contributed by atoms with Gasteiger partial charge in [0.15, 0.2) is 0 Å². The van der Waals surface area contributed by atoms with Crippen LogP contribution in [0.3, 0.4) is 0 Å². The molecule has 0 aromatic rings. The van der Waals surface area contributed by atoms with Crippen LogP contribution in [0.5, 0.6) is 0 Å². The maximum atomic E-state index is 12.7. The summed E-state index contributed by atoms with van der Waals surface area (Å²) >= 11 is 0. The minimum Gasteiger partial charge on any atom is -0.369 e. The molecule has 2 aliphatic heterocycles. The van der Waals surface area contributed by atoms with Crippen molar-refractivity contribution in [1.82, 2.24) is 15.1 Å². The van der Waals surface area contributed by atoms with E-state index in [1.807, 2.05) is 11.8 Å². The van der Waals surface area contributed by atoms with Crippen LogP contribution in [0.15, 0.2) is 0 Å². The summed E-state index contributed by atoms with van der Waals surface area (Å²) in [4.78, 5) is 28.1. The van der Waals surface area contributed by atoms with Gasteiger partial charge in [0.05, 0.1) is 12.0 Å². The maximum Gasteiger partial charge on any atom is 0.239 e. The second kappa shape index (κ2) is 6.54. The SMILES string of the molecule is CC(C(=O)N1CC(C(N)=O)CCC1C)N1CCNCC1. The molecule has 0 radical (unpaired) electrons. The van der Waals surface area contributed by atoms with Gasteiger partial charge in [0, 0.05) is 38.8 Å². The van der Waals surface area contributed by atoms with Crippen LogP contribution in [0.2, 0.25) is 0 Å². The summed E-state index contributed by atoms with van der Waals surface area (Å²) in [7, 11) is 0. The molecule has 0 aromatic carbocycles. The van der Waals surface area contributed by atoms with Gasteiger partial charge in [0.2, 0.25) is 11.8 Å². The lowest BCUT2D eigenvalue weighted by atomic mass is 9.92. The average molecular weight is 282 g/mol. The molecule has 2 rings (SSSR count). The van der Waals surface area contributed by atoms with Crippen molar-refractivity contribution in [3.05, 3.63) is 0 Å². The molecule has 2 saturated heterocycles. The van der Waals surface area contributed by atoms with Crippen LogP contribution >= 0.6 is 0 Å². The van der Waals surface area contributed by atoms with Crippen molar-refractivity contribution in [1.29, 1.82) is 0 Å². The zero-order valence-corrected chi connectivity index (χ0v) is 12.5. The van der Waals surface area contributed by atoms with E-state index in [2.05, 4.69) is 17.1 Å². The molecule has 0 bridgehead atoms. The van der Waals surface area contributed by atoms with E-state index in [1.165, 1.54) is 0 Å². The van der Waals surface area contributed by atoms with E-state index in [1.54, 1.807) is 0 Å². The van der Waals surface area contributed by atoms with E-state index in [-0.39, 0.29) is 29.8 Å². The summed E-state index contributed by atoms with van der Waals surface area (Å²) in [6.07, 6.45) is 1.65. The minimum absolute atomic E-state index is 0.119. The van der Waals surface area contributed by atoms with Gasteiger partial charge in [-0.1, -0.05) is 0 Å². The number of piperazine rings is 1. The van der Waals surface area contributed by atoms with E-state index in [0.717, 1.165) is 39.0 Å². The molecule has 114 valence electrons. The van der Waals surface area contributed by atoms with Crippen LogP contribution in [0, 0.1) is 5.92 Å². The summed E-state index contributed by atoms with van der Waals surface area (Å²) in [6.45, 7) is 8.15. The number of hydrogen-bond donors (Lipinski definition) is 2. The van der Waals surface area contributed by atoms with Crippen LogP contribution in [0.1, 0.15) is 26.7 Å². The number of carbonyl (C=O) groups excluding carboxylic acids is 2. The molecule has 0 aromatic heterocycles. The molecule has 6 nitrogen and oxygen atoms in total. The lowest BCUT2D eigenvalue weighted by Gasteiger charge is -2.41. The summed E-state index contributed by atoms with van der Waals surface area (Å²) < 4.78 is 0. The van der Waals surface area contributed by atoms with E-state index in [9.17, 15) is 9.59 Å². The maximum absolute atomic E-state index is 12.7. The highest BCUT2D eigenvalue weighted by Crippen LogP contribution is 2.23. The molecule has 0 spiro atoms. The zero-order valence-electron chi connectivity index (χ0n) is 12.5. The normalized spacial score (nSPS) is 30.0. The largest absolute Gasteiger partial charge is 0.369 e. The molecule has 3 N–H and O–H groups in total. The van der Waals surface area contributed by atoms with Crippen molar-refractivity contribution in [3.8, 4) is 0 Å². The fraction of sp³-hybridized carbons (Fsp3) is 0.857. The first-order chi connectivity index (χ1) is 9.50. The predicted octanol–water partition coefficient (Wildman–Crippen LogP) is -0.607. The Bertz CT molecular complexity index is 368. The number of rotatable bonds is 3. The third kappa shape index (κ3) is 3.30. The number of nitrogens with one attached hydrogen (secondary N) is 1. The fourth-order valence-corrected chi connectivity index (χ4v) is 3.11. The van der Waals surface area contributed by atoms with Gasteiger partial charge in [-0.25, -0.2) is 0 Å². The summed E-state index contributed by atoms with van der Waals surface area (Å²) in [6, 6.07) is 0.0784. The Labute approximate surface area is 120 Å². The number of amides is 2. The van der Waals surface area contributed by atoms with Crippen LogP contribution in [-0.4, -0.2) is 66.4 Å². The second-order valence-electron chi connectivity index (χ2n) is 5.98. The van der Waals surface area contributed by atoms with Crippen LogP contribution in [0.4, 0.5) is 0 Å². The molecular weight excluding hydrogens is 256 g/mol. The lowest BCUT2D eigenvalue weighted by molar-refractivity contribution is -0.142. The third-order valence-electron chi connectivity index (χ3n) is 4.62. The van der Waals surface area contributed by atoms with Gasteiger partial charge in [0.25, 0.3) is 0 Å². The number of nitrogens with zero attached hydrogens (tertiary/aromatic N) is 2. The molecule has 0 saturated carbocycles. The number of piperidine rings is 1. The van der Waals surface area contributed by atoms with Crippen molar-refractivity contribution in [2.45, 2.75) is 38.8 Å². The van der Waals surface area contributed by atoms with E-state index >= 15 is 0 Å². The van der Waals surface area contributed by atoms with Crippen molar-refractivity contribution in [2.75, 3.05) is 32.7 Å². The number of carbonyl (C=O) groups is 2. The van der Waals surface area contributed by atoms with Crippen molar-refractivity contribution in [3.63, 3.8) is 0 Å². The van der Waals surface area contributed by atoms with Crippen LogP contribution < -0.4 is 11.1 Å². The fourth-order valence-electron chi connectivity index (χ4n) is 3.11. The molecule has 2 heterocycles. The Morgan fingerprint density at radius 1 is 1.25 bits per heavy atom. The quantitative estimate of drug-likeness (QED) is 0.724. The van der Waals surface area contributed by atoms with Gasteiger partial charge in [0.1, 0.15) is 0 Å². The Balaban J connectivity index is 2.00. The predicted molar refractivity (Wildman–Crippen MR) is 77.0 cm³/mol. The van der Waals surface area contributed by atoms with Crippen molar-refractivity contribution in [2.24, 2.45) is 11.7 Å². The Kier molecular flexibility index (Phi) is 4.99. The third-order valence-corrected chi connectivity index (χ3v) is 4.62. The Morgan fingerprint density at radius 3 is 2.50 bits per heavy atom. The first-order valence-corrected chi connectivity index (χ1v) is 7.55. The summed E-state index contributed by atoms with van der Waals surface area (Å²) in [5.74, 6) is -0.347. The summed E-state index contributed by atoms with van der Waals surface area (Å²) in [5, 5.41) is 3.29. The Morgan fingerprint density at radius 2 is 1.90 bits per heavy atom. The number of primary amides is 1. The molecule has 0 aliphatic carbocycles. The van der Waals surface area contributed by atoms with Gasteiger partial charge >= 0.3 is 0 Å². The van der Waals surface area contributed by atoms with E-state index in [4.69, 9.17) is 5.73 Å². The number of likely N-dealkylation sites (tertiary alicyclic amines) is 1. The van der Waals surface area contributed by atoms with Gasteiger partial charge < -0.3 is 16.0 Å². The summed E-state index contributed by atoms with van der Waals surface area (Å²) in [5.41, 5.74) is 5.40. The van der Waals surface area contributed by atoms with Crippen LogP contribution in [0.25, 0.3) is 0 Å². The first kappa shape index (κ1) is 15.3.